The molecule has 1 fully saturated rings. The van der Waals surface area contributed by atoms with Gasteiger partial charge >= 0.3 is 0 Å². The molecular formula is C8H13FO. The second kappa shape index (κ2) is 2.69. The van der Waals surface area contributed by atoms with Gasteiger partial charge in [-0.2, -0.15) is 0 Å². The van der Waals surface area contributed by atoms with Crippen LogP contribution in [0.15, 0.2) is 0 Å². The fourth-order valence-corrected chi connectivity index (χ4v) is 1.05. The van der Waals surface area contributed by atoms with Gasteiger partial charge in [-0.25, -0.2) is 4.39 Å². The summed E-state index contributed by atoms with van der Waals surface area (Å²) >= 11 is 0. The van der Waals surface area contributed by atoms with Crippen LogP contribution in [0.4, 0.5) is 4.39 Å². The molecule has 1 nitrogen and oxygen atoms in total. The Morgan fingerprint density at radius 1 is 1.70 bits per heavy atom. The van der Waals surface area contributed by atoms with E-state index in [4.69, 9.17) is 0 Å². The number of Topliss-reactive ketones (excluding diaryl/α,β-unsaturated/α-hetero) is 1. The number of alkyl halides is 1. The summed E-state index contributed by atoms with van der Waals surface area (Å²) in [7, 11) is 0. The molecule has 1 aliphatic carbocycles. The first-order valence-corrected chi connectivity index (χ1v) is 3.78. The molecule has 0 saturated heterocycles. The van der Waals surface area contributed by atoms with Crippen LogP contribution in [0.25, 0.3) is 0 Å². The zero-order chi connectivity index (χ0) is 7.72. The minimum absolute atomic E-state index is 0.113. The van der Waals surface area contributed by atoms with Crippen molar-refractivity contribution in [1.82, 2.24) is 0 Å². The Morgan fingerprint density at radius 3 is 2.50 bits per heavy atom. The summed E-state index contributed by atoms with van der Waals surface area (Å²) in [6.45, 7) is 3.96. The summed E-state index contributed by atoms with van der Waals surface area (Å²) in [5.74, 6) is 0.255. The number of hydrogen-bond donors (Lipinski definition) is 0. The van der Waals surface area contributed by atoms with Gasteiger partial charge in [0, 0.05) is 6.42 Å². The molecule has 0 aromatic carbocycles. The molecule has 0 amide bonds. The first-order chi connectivity index (χ1) is 4.61. The quantitative estimate of drug-likeness (QED) is 0.591. The van der Waals surface area contributed by atoms with E-state index in [1.54, 1.807) is 0 Å². The lowest BCUT2D eigenvalue weighted by Gasteiger charge is -2.00. The number of halogens is 1. The van der Waals surface area contributed by atoms with Gasteiger partial charge in [0.1, 0.15) is 12.0 Å². The van der Waals surface area contributed by atoms with Crippen molar-refractivity contribution in [2.24, 2.45) is 11.8 Å². The Morgan fingerprint density at radius 2 is 2.20 bits per heavy atom. The van der Waals surface area contributed by atoms with Crippen molar-refractivity contribution in [2.45, 2.75) is 32.9 Å². The zero-order valence-corrected chi connectivity index (χ0v) is 6.43. The van der Waals surface area contributed by atoms with Gasteiger partial charge in [-0.3, -0.25) is 4.79 Å². The number of carbonyl (C=O) groups is 1. The maximum absolute atomic E-state index is 12.3. The Kier molecular flexibility index (Phi) is 2.07. The van der Waals surface area contributed by atoms with E-state index in [0.717, 1.165) is 0 Å². The standard InChI is InChI=1S/C8H13FO/c1-5(2)3-8(10)6-4-7(6)9/h5-7H,3-4H2,1-2H3. The van der Waals surface area contributed by atoms with E-state index < -0.39 is 6.17 Å². The van der Waals surface area contributed by atoms with Gasteiger partial charge in [0.15, 0.2) is 0 Å². The summed E-state index contributed by atoms with van der Waals surface area (Å²) in [5, 5.41) is 0. The lowest BCUT2D eigenvalue weighted by Crippen LogP contribution is -2.06. The average Bonchev–Trinajstić information content (AvgIpc) is 2.44. The molecule has 1 saturated carbocycles. The van der Waals surface area contributed by atoms with E-state index >= 15 is 0 Å². The first-order valence-electron chi connectivity index (χ1n) is 3.78. The highest BCUT2D eigenvalue weighted by Gasteiger charge is 2.42. The van der Waals surface area contributed by atoms with E-state index in [0.29, 0.717) is 18.8 Å². The summed E-state index contributed by atoms with van der Waals surface area (Å²) in [4.78, 5) is 11.0. The van der Waals surface area contributed by atoms with E-state index in [-0.39, 0.29) is 11.7 Å². The van der Waals surface area contributed by atoms with Crippen molar-refractivity contribution in [3.63, 3.8) is 0 Å². The lowest BCUT2D eigenvalue weighted by molar-refractivity contribution is -0.121. The Bertz CT molecular complexity index is 142. The third kappa shape index (κ3) is 1.79. The smallest absolute Gasteiger partial charge is 0.139 e. The molecule has 0 N–H and O–H groups in total. The first kappa shape index (κ1) is 7.70. The van der Waals surface area contributed by atoms with Crippen molar-refractivity contribution in [1.29, 1.82) is 0 Å². The van der Waals surface area contributed by atoms with E-state index in [1.165, 1.54) is 0 Å². The monoisotopic (exact) mass is 144 g/mol. The second-order valence-corrected chi connectivity index (χ2v) is 3.42. The predicted molar refractivity (Wildman–Crippen MR) is 37.5 cm³/mol. The van der Waals surface area contributed by atoms with Gasteiger partial charge in [-0.15, -0.1) is 0 Å². The SMILES string of the molecule is CC(C)CC(=O)C1CC1F. The van der Waals surface area contributed by atoms with Gasteiger partial charge < -0.3 is 0 Å². The van der Waals surface area contributed by atoms with E-state index in [9.17, 15) is 9.18 Å². The van der Waals surface area contributed by atoms with Crippen LogP contribution < -0.4 is 0 Å². The molecule has 0 heterocycles. The van der Waals surface area contributed by atoms with Crippen LogP contribution in [0.2, 0.25) is 0 Å². The maximum Gasteiger partial charge on any atom is 0.139 e. The average molecular weight is 144 g/mol. The zero-order valence-electron chi connectivity index (χ0n) is 6.43. The van der Waals surface area contributed by atoms with Crippen LogP contribution in [0, 0.1) is 11.8 Å². The summed E-state index contributed by atoms with van der Waals surface area (Å²) in [5.41, 5.74) is 0. The molecule has 58 valence electrons. The van der Waals surface area contributed by atoms with E-state index in [2.05, 4.69) is 0 Å². The van der Waals surface area contributed by atoms with Gasteiger partial charge in [-0.1, -0.05) is 13.8 Å². The summed E-state index contributed by atoms with van der Waals surface area (Å²) in [6, 6.07) is 0. The molecule has 0 spiro atoms. The molecule has 0 bridgehead atoms. The van der Waals surface area contributed by atoms with Gasteiger partial charge in [-0.05, 0) is 12.3 Å². The minimum atomic E-state index is -0.814. The van der Waals surface area contributed by atoms with Crippen molar-refractivity contribution in [3.8, 4) is 0 Å². The fourth-order valence-electron chi connectivity index (χ4n) is 1.05. The molecule has 2 heteroatoms. The van der Waals surface area contributed by atoms with Crippen LogP contribution in [0.3, 0.4) is 0 Å². The van der Waals surface area contributed by atoms with Gasteiger partial charge in [0.2, 0.25) is 0 Å². The highest BCUT2D eigenvalue weighted by Crippen LogP contribution is 2.35. The highest BCUT2D eigenvalue weighted by atomic mass is 19.1. The van der Waals surface area contributed by atoms with Crippen molar-refractivity contribution in [2.75, 3.05) is 0 Å². The molecule has 0 aromatic rings. The Balaban J connectivity index is 2.23. The number of rotatable bonds is 3. The molecule has 0 aliphatic heterocycles. The largest absolute Gasteiger partial charge is 0.299 e. The number of ketones is 1. The molecular weight excluding hydrogens is 131 g/mol. The molecule has 1 rings (SSSR count). The minimum Gasteiger partial charge on any atom is -0.299 e. The Hall–Kier alpha value is -0.400. The lowest BCUT2D eigenvalue weighted by atomic mass is 10.0. The molecule has 1 aliphatic rings. The van der Waals surface area contributed by atoms with Crippen LogP contribution >= 0.6 is 0 Å². The van der Waals surface area contributed by atoms with Gasteiger partial charge in [0.25, 0.3) is 0 Å². The van der Waals surface area contributed by atoms with Crippen LogP contribution in [0.5, 0.6) is 0 Å². The van der Waals surface area contributed by atoms with Gasteiger partial charge in [0.05, 0.1) is 5.92 Å². The highest BCUT2D eigenvalue weighted by molar-refractivity contribution is 5.84. The summed E-state index contributed by atoms with van der Waals surface area (Å²) < 4.78 is 12.3. The predicted octanol–water partition coefficient (Wildman–Crippen LogP) is 1.96. The van der Waals surface area contributed by atoms with Crippen molar-refractivity contribution < 1.29 is 9.18 Å². The third-order valence-corrected chi connectivity index (χ3v) is 1.74. The van der Waals surface area contributed by atoms with Crippen molar-refractivity contribution in [3.05, 3.63) is 0 Å². The molecule has 0 radical (unpaired) electrons. The third-order valence-electron chi connectivity index (χ3n) is 1.74. The number of hydrogen-bond acceptors (Lipinski definition) is 1. The van der Waals surface area contributed by atoms with Crippen LogP contribution in [0.1, 0.15) is 26.7 Å². The second-order valence-electron chi connectivity index (χ2n) is 3.42. The molecule has 10 heavy (non-hydrogen) atoms. The molecule has 0 aromatic heterocycles. The van der Waals surface area contributed by atoms with Crippen LogP contribution in [-0.4, -0.2) is 12.0 Å². The molecule has 2 unspecified atom stereocenters. The molecule has 2 atom stereocenters. The summed E-state index contributed by atoms with van der Waals surface area (Å²) in [6.07, 6.45) is 0.211. The Labute approximate surface area is 60.6 Å². The normalized spacial score (nSPS) is 30.8. The number of carbonyl (C=O) groups excluding carboxylic acids is 1. The van der Waals surface area contributed by atoms with Crippen molar-refractivity contribution >= 4 is 5.78 Å². The van der Waals surface area contributed by atoms with Crippen LogP contribution in [-0.2, 0) is 4.79 Å². The van der Waals surface area contributed by atoms with E-state index in [1.807, 2.05) is 13.8 Å². The maximum atomic E-state index is 12.3. The topological polar surface area (TPSA) is 17.1 Å². The fraction of sp³-hybridized carbons (Fsp3) is 0.875.